The molecule has 0 spiro atoms. The van der Waals surface area contributed by atoms with Crippen molar-refractivity contribution < 1.29 is 13.2 Å². The molecule has 1 aliphatic heterocycles. The van der Waals surface area contributed by atoms with Gasteiger partial charge in [0.05, 0.1) is 11.9 Å². The molecule has 3 heterocycles. The molecular formula is C16H21Cl2N5O3S. The first-order valence-corrected chi connectivity index (χ1v) is 9.33. The van der Waals surface area contributed by atoms with E-state index in [4.69, 9.17) is 5.73 Å². The summed E-state index contributed by atoms with van der Waals surface area (Å²) in [4.78, 5) is 20.3. The van der Waals surface area contributed by atoms with Gasteiger partial charge in [-0.3, -0.25) is 9.78 Å². The lowest BCUT2D eigenvalue weighted by Crippen LogP contribution is -2.41. The average Bonchev–Trinajstić information content (AvgIpc) is 2.64. The number of carbonyl (C=O) groups is 1. The lowest BCUT2D eigenvalue weighted by atomic mass is 9.97. The van der Waals surface area contributed by atoms with Crippen LogP contribution in [-0.2, 0) is 14.8 Å². The Morgan fingerprint density at radius 3 is 2.41 bits per heavy atom. The number of hydrogen-bond donors (Lipinski definition) is 2. The summed E-state index contributed by atoms with van der Waals surface area (Å²) in [6.45, 7) is 0.602. The Bertz CT molecular complexity index is 842. The van der Waals surface area contributed by atoms with E-state index < -0.39 is 10.0 Å². The normalized spacial score (nSPS) is 15.3. The van der Waals surface area contributed by atoms with Crippen molar-refractivity contribution in [3.8, 4) is 0 Å². The van der Waals surface area contributed by atoms with Crippen molar-refractivity contribution in [1.82, 2.24) is 14.3 Å². The number of piperidine rings is 1. The molecule has 3 N–H and O–H groups in total. The number of pyridine rings is 2. The Morgan fingerprint density at radius 1 is 1.15 bits per heavy atom. The van der Waals surface area contributed by atoms with Crippen LogP contribution in [-0.4, -0.2) is 41.7 Å². The van der Waals surface area contributed by atoms with Crippen LogP contribution in [0.15, 0.2) is 47.8 Å². The number of halogens is 2. The third-order valence-electron chi connectivity index (χ3n) is 4.15. The molecule has 1 saturated heterocycles. The molecule has 148 valence electrons. The summed E-state index contributed by atoms with van der Waals surface area (Å²) in [5, 5.41) is 2.79. The van der Waals surface area contributed by atoms with E-state index in [1.165, 1.54) is 29.0 Å². The highest BCUT2D eigenvalue weighted by atomic mass is 35.5. The quantitative estimate of drug-likeness (QED) is 0.760. The first-order valence-electron chi connectivity index (χ1n) is 7.89. The van der Waals surface area contributed by atoms with Crippen LogP contribution in [0.3, 0.4) is 0 Å². The summed E-state index contributed by atoms with van der Waals surface area (Å²) in [6.07, 6.45) is 5.29. The van der Waals surface area contributed by atoms with Gasteiger partial charge in [0, 0.05) is 31.4 Å². The van der Waals surface area contributed by atoms with Gasteiger partial charge in [0.1, 0.15) is 10.7 Å². The van der Waals surface area contributed by atoms with Gasteiger partial charge in [-0.2, -0.15) is 4.31 Å². The van der Waals surface area contributed by atoms with E-state index >= 15 is 0 Å². The minimum absolute atomic E-state index is 0. The zero-order chi connectivity index (χ0) is 17.9. The molecule has 0 radical (unpaired) electrons. The van der Waals surface area contributed by atoms with Gasteiger partial charge in [0.2, 0.25) is 15.9 Å². The first-order chi connectivity index (χ1) is 12.0. The number of rotatable bonds is 4. The van der Waals surface area contributed by atoms with Crippen LogP contribution >= 0.6 is 24.8 Å². The number of aromatic nitrogens is 2. The molecule has 0 unspecified atom stereocenters. The molecule has 2 aromatic heterocycles. The molecule has 0 saturated carbocycles. The van der Waals surface area contributed by atoms with Crippen LogP contribution in [0.4, 0.5) is 11.5 Å². The first kappa shape index (κ1) is 23.1. The van der Waals surface area contributed by atoms with Gasteiger partial charge in [0.15, 0.2) is 0 Å². The number of sulfonamides is 1. The molecule has 0 bridgehead atoms. The minimum atomic E-state index is -3.56. The number of carbonyl (C=O) groups excluding carboxylic acids is 1. The Labute approximate surface area is 170 Å². The van der Waals surface area contributed by atoms with Crippen LogP contribution in [0, 0.1) is 5.92 Å². The number of nitrogens with two attached hydrogens (primary N) is 1. The minimum Gasteiger partial charge on any atom is -0.384 e. The van der Waals surface area contributed by atoms with Gasteiger partial charge in [-0.1, -0.05) is 0 Å². The summed E-state index contributed by atoms with van der Waals surface area (Å²) in [7, 11) is -3.56. The lowest BCUT2D eigenvalue weighted by molar-refractivity contribution is -0.120. The molecule has 3 rings (SSSR count). The molecule has 0 aliphatic carbocycles. The van der Waals surface area contributed by atoms with Crippen molar-refractivity contribution >= 4 is 52.2 Å². The van der Waals surface area contributed by atoms with Gasteiger partial charge < -0.3 is 11.1 Å². The molecule has 0 aromatic carbocycles. The fourth-order valence-electron chi connectivity index (χ4n) is 2.73. The maximum atomic E-state index is 12.6. The van der Waals surface area contributed by atoms with Crippen LogP contribution in [0.1, 0.15) is 12.8 Å². The standard InChI is InChI=1S/C16H19N5O3S.2ClH/c17-15-4-3-13(10-19-15)20-16(22)12-5-8-21(9-6-12)25(23,24)14-2-1-7-18-11-14;;/h1-4,7,10-12H,5-6,8-9H2,(H2,17,19)(H,20,22);2*1H. The van der Waals surface area contributed by atoms with Gasteiger partial charge in [-0.05, 0) is 37.1 Å². The Morgan fingerprint density at radius 2 is 1.85 bits per heavy atom. The molecule has 1 amide bonds. The van der Waals surface area contributed by atoms with Crippen molar-refractivity contribution in [2.24, 2.45) is 5.92 Å². The summed E-state index contributed by atoms with van der Waals surface area (Å²) in [5.41, 5.74) is 6.09. The molecule has 0 atom stereocenters. The molecule has 27 heavy (non-hydrogen) atoms. The van der Waals surface area contributed by atoms with E-state index in [1.54, 1.807) is 18.2 Å². The monoisotopic (exact) mass is 433 g/mol. The highest BCUT2D eigenvalue weighted by Crippen LogP contribution is 2.24. The Kier molecular flexibility index (Phi) is 8.42. The van der Waals surface area contributed by atoms with Gasteiger partial charge >= 0.3 is 0 Å². The van der Waals surface area contributed by atoms with E-state index in [0.29, 0.717) is 37.4 Å². The number of nitrogens with zero attached hydrogens (tertiary/aromatic N) is 3. The van der Waals surface area contributed by atoms with Crippen molar-refractivity contribution in [1.29, 1.82) is 0 Å². The SMILES string of the molecule is Cl.Cl.Nc1ccc(NC(=O)C2CCN(S(=O)(=O)c3cccnc3)CC2)cn1. The van der Waals surface area contributed by atoms with Crippen molar-refractivity contribution in [3.63, 3.8) is 0 Å². The number of anilines is 2. The fourth-order valence-corrected chi connectivity index (χ4v) is 4.16. The van der Waals surface area contributed by atoms with Crippen molar-refractivity contribution in [3.05, 3.63) is 42.9 Å². The number of hydrogen-bond acceptors (Lipinski definition) is 6. The van der Waals surface area contributed by atoms with E-state index in [1.807, 2.05) is 0 Å². The van der Waals surface area contributed by atoms with Gasteiger partial charge in [-0.25, -0.2) is 13.4 Å². The summed E-state index contributed by atoms with van der Waals surface area (Å²) in [6, 6.07) is 6.41. The smallest absolute Gasteiger partial charge is 0.244 e. The molecular weight excluding hydrogens is 413 g/mol. The highest BCUT2D eigenvalue weighted by molar-refractivity contribution is 7.89. The van der Waals surface area contributed by atoms with E-state index in [2.05, 4.69) is 15.3 Å². The Balaban J connectivity index is 0.00000182. The third kappa shape index (κ3) is 5.52. The molecule has 11 heteroatoms. The van der Waals surface area contributed by atoms with Crippen molar-refractivity contribution in [2.75, 3.05) is 24.1 Å². The molecule has 1 fully saturated rings. The number of amides is 1. The summed E-state index contributed by atoms with van der Waals surface area (Å²) < 4.78 is 26.5. The number of nitrogen functional groups attached to an aromatic ring is 1. The van der Waals surface area contributed by atoms with Crippen LogP contribution in [0.25, 0.3) is 0 Å². The maximum Gasteiger partial charge on any atom is 0.244 e. The summed E-state index contributed by atoms with van der Waals surface area (Å²) in [5.74, 6) is 0.00909. The van der Waals surface area contributed by atoms with E-state index in [-0.39, 0.29) is 41.5 Å². The molecule has 8 nitrogen and oxygen atoms in total. The maximum absolute atomic E-state index is 12.6. The Hall–Kier alpha value is -1.94. The lowest BCUT2D eigenvalue weighted by Gasteiger charge is -2.30. The molecule has 2 aromatic rings. The van der Waals surface area contributed by atoms with Crippen LogP contribution in [0.5, 0.6) is 0 Å². The zero-order valence-corrected chi connectivity index (χ0v) is 16.8. The highest BCUT2D eigenvalue weighted by Gasteiger charge is 2.32. The second-order valence-corrected chi connectivity index (χ2v) is 7.77. The second kappa shape index (κ2) is 9.84. The van der Waals surface area contributed by atoms with Crippen molar-refractivity contribution in [2.45, 2.75) is 17.7 Å². The fraction of sp³-hybridized carbons (Fsp3) is 0.312. The van der Waals surface area contributed by atoms with E-state index in [9.17, 15) is 13.2 Å². The van der Waals surface area contributed by atoms with Crippen LogP contribution < -0.4 is 11.1 Å². The molecule has 1 aliphatic rings. The topological polar surface area (TPSA) is 118 Å². The van der Waals surface area contributed by atoms with Gasteiger partial charge in [0.25, 0.3) is 0 Å². The largest absolute Gasteiger partial charge is 0.384 e. The average molecular weight is 434 g/mol. The number of nitrogens with one attached hydrogen (secondary N) is 1. The summed E-state index contributed by atoms with van der Waals surface area (Å²) >= 11 is 0. The third-order valence-corrected chi connectivity index (χ3v) is 6.03. The van der Waals surface area contributed by atoms with Gasteiger partial charge in [-0.15, -0.1) is 24.8 Å². The predicted molar refractivity (Wildman–Crippen MR) is 107 cm³/mol. The second-order valence-electron chi connectivity index (χ2n) is 5.83. The predicted octanol–water partition coefficient (Wildman–Crippen LogP) is 1.94. The van der Waals surface area contributed by atoms with E-state index in [0.717, 1.165) is 0 Å². The zero-order valence-electron chi connectivity index (χ0n) is 14.3. The van der Waals surface area contributed by atoms with Crippen LogP contribution in [0.2, 0.25) is 0 Å².